The van der Waals surface area contributed by atoms with E-state index >= 15 is 0 Å². The van der Waals surface area contributed by atoms with Gasteiger partial charge in [-0.05, 0) is 19.3 Å². The zero-order valence-corrected chi connectivity index (χ0v) is 10.0. The van der Waals surface area contributed by atoms with Crippen molar-refractivity contribution in [3.05, 3.63) is 12.2 Å². The van der Waals surface area contributed by atoms with Gasteiger partial charge in [-0.15, -0.1) is 0 Å². The first-order valence-corrected chi connectivity index (χ1v) is 6.80. The highest BCUT2D eigenvalue weighted by atomic mass is 32.2. The average Bonchev–Trinajstić information content (AvgIpc) is 2.14. The Morgan fingerprint density at radius 1 is 1.06 bits per heavy atom. The van der Waals surface area contributed by atoms with Gasteiger partial charge < -0.3 is 5.11 Å². The summed E-state index contributed by atoms with van der Waals surface area (Å²) < 4.78 is 29.2. The number of carbonyl (C=O) groups is 1. The second-order valence-electron chi connectivity index (χ2n) is 3.71. The number of hydrogen-bond donors (Lipinski definition) is 2. The molecule has 0 bridgehead atoms. The summed E-state index contributed by atoms with van der Waals surface area (Å²) in [5, 5.41) is 8.52. The SMILES string of the molecule is C=C(CCCCCCCS(=O)(=O)O)C(=O)O. The summed E-state index contributed by atoms with van der Waals surface area (Å²) in [4.78, 5) is 10.4. The van der Waals surface area contributed by atoms with Gasteiger partial charge in [-0.25, -0.2) is 4.79 Å². The van der Waals surface area contributed by atoms with Crippen molar-refractivity contribution >= 4 is 16.1 Å². The van der Waals surface area contributed by atoms with Crippen LogP contribution in [0, 0.1) is 0 Å². The minimum atomic E-state index is -3.83. The lowest BCUT2D eigenvalue weighted by Gasteiger charge is -2.01. The fraction of sp³-hybridized carbons (Fsp3) is 0.700. The number of aliphatic carboxylic acids is 1. The minimum Gasteiger partial charge on any atom is -0.478 e. The maximum atomic E-state index is 10.4. The van der Waals surface area contributed by atoms with Crippen LogP contribution in [0.2, 0.25) is 0 Å². The van der Waals surface area contributed by atoms with Gasteiger partial charge in [0.15, 0.2) is 0 Å². The van der Waals surface area contributed by atoms with Crippen molar-refractivity contribution < 1.29 is 22.9 Å². The first-order valence-electron chi connectivity index (χ1n) is 5.19. The smallest absolute Gasteiger partial charge is 0.330 e. The Kier molecular flexibility index (Phi) is 7.00. The fourth-order valence-corrected chi connectivity index (χ4v) is 1.83. The van der Waals surface area contributed by atoms with Crippen LogP contribution in [0.1, 0.15) is 38.5 Å². The van der Waals surface area contributed by atoms with Gasteiger partial charge in [0.05, 0.1) is 5.75 Å². The molecule has 0 atom stereocenters. The third-order valence-electron chi connectivity index (χ3n) is 2.18. The summed E-state index contributed by atoms with van der Waals surface area (Å²) in [5.74, 6) is -1.17. The van der Waals surface area contributed by atoms with E-state index in [1.807, 2.05) is 0 Å². The number of unbranched alkanes of at least 4 members (excludes halogenated alkanes) is 4. The van der Waals surface area contributed by atoms with E-state index in [0.717, 1.165) is 25.7 Å². The van der Waals surface area contributed by atoms with Crippen molar-refractivity contribution in [1.29, 1.82) is 0 Å². The molecule has 0 heterocycles. The van der Waals surface area contributed by atoms with Gasteiger partial charge in [0.2, 0.25) is 0 Å². The third-order valence-corrected chi connectivity index (χ3v) is 2.99. The predicted octanol–water partition coefficient (Wildman–Crippen LogP) is 1.86. The van der Waals surface area contributed by atoms with Crippen molar-refractivity contribution in [2.45, 2.75) is 38.5 Å². The van der Waals surface area contributed by atoms with E-state index < -0.39 is 16.1 Å². The maximum Gasteiger partial charge on any atom is 0.330 e. The summed E-state index contributed by atoms with van der Waals surface area (Å²) in [6.45, 7) is 3.41. The van der Waals surface area contributed by atoms with Crippen molar-refractivity contribution in [1.82, 2.24) is 0 Å². The molecule has 0 saturated heterocycles. The largest absolute Gasteiger partial charge is 0.478 e. The monoisotopic (exact) mass is 250 g/mol. The number of rotatable bonds is 9. The minimum absolute atomic E-state index is 0.200. The van der Waals surface area contributed by atoms with Crippen LogP contribution in [0.25, 0.3) is 0 Å². The van der Waals surface area contributed by atoms with Gasteiger partial charge in [-0.3, -0.25) is 4.55 Å². The Hall–Kier alpha value is -0.880. The zero-order valence-electron chi connectivity index (χ0n) is 9.18. The number of carboxylic acid groups (broad SMARTS) is 1. The van der Waals surface area contributed by atoms with Crippen molar-refractivity contribution in [3.8, 4) is 0 Å². The molecule has 16 heavy (non-hydrogen) atoms. The summed E-state index contributed by atoms with van der Waals surface area (Å²) in [6.07, 6.45) is 4.06. The van der Waals surface area contributed by atoms with Crippen LogP contribution in [0.5, 0.6) is 0 Å². The van der Waals surface area contributed by atoms with Gasteiger partial charge in [-0.2, -0.15) is 8.42 Å². The zero-order chi connectivity index (χ0) is 12.6. The van der Waals surface area contributed by atoms with E-state index in [4.69, 9.17) is 9.66 Å². The topological polar surface area (TPSA) is 91.7 Å². The van der Waals surface area contributed by atoms with E-state index in [-0.39, 0.29) is 11.3 Å². The second kappa shape index (κ2) is 7.40. The van der Waals surface area contributed by atoms with E-state index in [9.17, 15) is 13.2 Å². The molecule has 0 aliphatic heterocycles. The van der Waals surface area contributed by atoms with Crippen LogP contribution in [0.4, 0.5) is 0 Å². The molecule has 0 rings (SSSR count). The quantitative estimate of drug-likeness (QED) is 0.370. The van der Waals surface area contributed by atoms with E-state index in [1.54, 1.807) is 0 Å². The van der Waals surface area contributed by atoms with Crippen LogP contribution < -0.4 is 0 Å². The Morgan fingerprint density at radius 3 is 2.06 bits per heavy atom. The van der Waals surface area contributed by atoms with Gasteiger partial charge in [-0.1, -0.05) is 25.8 Å². The van der Waals surface area contributed by atoms with Gasteiger partial charge in [0, 0.05) is 5.57 Å². The molecule has 94 valence electrons. The Labute approximate surface area is 95.9 Å². The standard InChI is InChI=1S/C10H18O5S/c1-9(10(11)12)7-5-3-2-4-6-8-16(13,14)15/h1-8H2,(H,11,12)(H,13,14,15). The molecule has 0 aromatic heterocycles. The van der Waals surface area contributed by atoms with Crippen LogP contribution in [0.15, 0.2) is 12.2 Å². The lowest BCUT2D eigenvalue weighted by atomic mass is 10.1. The Bertz CT molecular complexity index is 331. The molecule has 0 saturated carbocycles. The molecule has 0 aliphatic carbocycles. The molecule has 0 aromatic carbocycles. The van der Waals surface area contributed by atoms with Gasteiger partial charge in [0.25, 0.3) is 10.1 Å². The maximum absolute atomic E-state index is 10.4. The van der Waals surface area contributed by atoms with E-state index in [2.05, 4.69) is 6.58 Å². The summed E-state index contributed by atoms with van der Waals surface area (Å²) >= 11 is 0. The molecule has 0 aromatic rings. The fourth-order valence-electron chi connectivity index (χ4n) is 1.26. The highest BCUT2D eigenvalue weighted by molar-refractivity contribution is 7.85. The molecule has 6 heteroatoms. The lowest BCUT2D eigenvalue weighted by molar-refractivity contribution is -0.132. The molecule has 5 nitrogen and oxygen atoms in total. The lowest BCUT2D eigenvalue weighted by Crippen LogP contribution is -2.03. The van der Waals surface area contributed by atoms with Crippen LogP contribution in [-0.2, 0) is 14.9 Å². The molecule has 0 fully saturated rings. The molecule has 2 N–H and O–H groups in total. The molecule has 0 aliphatic rings. The summed E-state index contributed by atoms with van der Waals surface area (Å²) in [5.41, 5.74) is 0.206. The van der Waals surface area contributed by atoms with Crippen molar-refractivity contribution in [2.75, 3.05) is 5.75 Å². The third kappa shape index (κ3) is 9.67. The van der Waals surface area contributed by atoms with Crippen LogP contribution in [-0.4, -0.2) is 29.8 Å². The summed E-state index contributed by atoms with van der Waals surface area (Å²) in [7, 11) is -3.83. The number of carboxylic acids is 1. The molecule has 0 radical (unpaired) electrons. The average molecular weight is 250 g/mol. The molecular weight excluding hydrogens is 232 g/mol. The Morgan fingerprint density at radius 2 is 1.56 bits per heavy atom. The van der Waals surface area contributed by atoms with Crippen LogP contribution >= 0.6 is 0 Å². The van der Waals surface area contributed by atoms with E-state index in [1.165, 1.54) is 0 Å². The normalized spacial score (nSPS) is 11.3. The second-order valence-corrected chi connectivity index (χ2v) is 5.28. The summed E-state index contributed by atoms with van der Waals surface area (Å²) in [6, 6.07) is 0. The van der Waals surface area contributed by atoms with Crippen molar-refractivity contribution in [2.24, 2.45) is 0 Å². The molecule has 0 spiro atoms. The van der Waals surface area contributed by atoms with E-state index in [0.29, 0.717) is 12.8 Å². The van der Waals surface area contributed by atoms with Gasteiger partial charge in [0.1, 0.15) is 0 Å². The highest BCUT2D eigenvalue weighted by Crippen LogP contribution is 2.10. The van der Waals surface area contributed by atoms with Gasteiger partial charge >= 0.3 is 5.97 Å². The highest BCUT2D eigenvalue weighted by Gasteiger charge is 2.04. The van der Waals surface area contributed by atoms with Crippen molar-refractivity contribution in [3.63, 3.8) is 0 Å². The molecular formula is C10H18O5S. The Balaban J connectivity index is 3.35. The predicted molar refractivity (Wildman–Crippen MR) is 60.9 cm³/mol. The first-order chi connectivity index (χ1) is 7.33. The van der Waals surface area contributed by atoms with Crippen LogP contribution in [0.3, 0.4) is 0 Å². The molecule has 0 amide bonds. The first kappa shape index (κ1) is 15.1. The number of hydrogen-bond acceptors (Lipinski definition) is 3. The molecule has 0 unspecified atom stereocenters.